The van der Waals surface area contributed by atoms with Crippen molar-refractivity contribution < 1.29 is 23.1 Å². The van der Waals surface area contributed by atoms with Crippen molar-refractivity contribution in [2.75, 3.05) is 18.4 Å². The summed E-state index contributed by atoms with van der Waals surface area (Å²) >= 11 is 12.5. The number of nitrogens with one attached hydrogen (secondary N) is 3. The van der Waals surface area contributed by atoms with E-state index in [0.29, 0.717) is 58.3 Å². The predicted molar refractivity (Wildman–Crippen MR) is 167 cm³/mol. The molecule has 2 aromatic carbocycles. The first-order valence-electron chi connectivity index (χ1n) is 14.2. The molecule has 2 amide bonds. The van der Waals surface area contributed by atoms with Gasteiger partial charge in [0.25, 0.3) is 11.8 Å². The van der Waals surface area contributed by atoms with E-state index in [2.05, 4.69) is 15.6 Å². The number of hydrogen-bond donors (Lipinski definition) is 4. The van der Waals surface area contributed by atoms with Crippen LogP contribution >= 0.6 is 23.2 Å². The van der Waals surface area contributed by atoms with Crippen LogP contribution in [0.1, 0.15) is 57.7 Å². The Kier molecular flexibility index (Phi) is 7.93. The van der Waals surface area contributed by atoms with Gasteiger partial charge in [-0.1, -0.05) is 29.3 Å². The summed E-state index contributed by atoms with van der Waals surface area (Å²) in [5.74, 6) is -0.946. The zero-order valence-electron chi connectivity index (χ0n) is 23.7. The second-order valence-corrected chi connectivity index (χ2v) is 14.3. The van der Waals surface area contributed by atoms with Crippen molar-refractivity contribution in [2.45, 2.75) is 61.9 Å². The molecule has 3 aromatic rings. The first-order valence-corrected chi connectivity index (χ1v) is 16.6. The van der Waals surface area contributed by atoms with E-state index in [4.69, 9.17) is 23.2 Å². The molecule has 1 aromatic heterocycles. The second-order valence-electron chi connectivity index (χ2n) is 11.5. The van der Waals surface area contributed by atoms with Crippen LogP contribution in [0, 0.1) is 13.8 Å². The molecule has 2 fully saturated rings. The van der Waals surface area contributed by atoms with Gasteiger partial charge in [0, 0.05) is 63.4 Å². The summed E-state index contributed by atoms with van der Waals surface area (Å²) in [4.78, 5) is 31.8. The molecule has 6 rings (SSSR count). The highest BCUT2D eigenvalue weighted by Crippen LogP contribution is 2.37. The molecule has 226 valence electrons. The summed E-state index contributed by atoms with van der Waals surface area (Å²) in [5, 5.41) is 17.1. The maximum atomic E-state index is 13.8. The van der Waals surface area contributed by atoms with Crippen molar-refractivity contribution in [3.63, 3.8) is 0 Å². The number of benzene rings is 2. The number of sulfone groups is 1. The van der Waals surface area contributed by atoms with Crippen molar-refractivity contribution in [3.05, 3.63) is 80.1 Å². The third-order valence-corrected chi connectivity index (χ3v) is 10.7. The molecule has 9 nitrogen and oxygen atoms in total. The Hall–Kier alpha value is -3.15. The molecule has 3 heterocycles. The van der Waals surface area contributed by atoms with Gasteiger partial charge in [-0.3, -0.25) is 9.59 Å². The number of nitrogens with zero attached hydrogens (tertiary/aromatic N) is 1. The third kappa shape index (κ3) is 5.86. The van der Waals surface area contributed by atoms with Gasteiger partial charge in [0.15, 0.2) is 9.84 Å². The van der Waals surface area contributed by atoms with E-state index in [0.717, 1.165) is 12.8 Å². The summed E-state index contributed by atoms with van der Waals surface area (Å²) in [6.45, 7) is 4.52. The minimum atomic E-state index is -3.86. The number of halogens is 2. The zero-order chi connectivity index (χ0) is 30.6. The van der Waals surface area contributed by atoms with Gasteiger partial charge in [-0.2, -0.15) is 0 Å². The van der Waals surface area contributed by atoms with E-state index >= 15 is 0 Å². The van der Waals surface area contributed by atoms with E-state index < -0.39 is 21.7 Å². The molecule has 0 radical (unpaired) electrons. The summed E-state index contributed by atoms with van der Waals surface area (Å²) in [6.07, 6.45) is 3.87. The van der Waals surface area contributed by atoms with Crippen molar-refractivity contribution in [3.8, 4) is 0 Å². The highest BCUT2D eigenvalue weighted by Gasteiger charge is 2.37. The predicted octanol–water partition coefficient (Wildman–Crippen LogP) is 4.73. The van der Waals surface area contributed by atoms with Gasteiger partial charge in [-0.15, -0.1) is 0 Å². The lowest BCUT2D eigenvalue weighted by molar-refractivity contribution is -0.110. The Morgan fingerprint density at radius 1 is 1.16 bits per heavy atom. The quantitative estimate of drug-likeness (QED) is 0.263. The Morgan fingerprint density at radius 2 is 1.88 bits per heavy atom. The number of rotatable bonds is 8. The van der Waals surface area contributed by atoms with E-state index in [1.54, 1.807) is 42.2 Å². The fourth-order valence-electron chi connectivity index (χ4n) is 5.90. The average Bonchev–Trinajstić information content (AvgIpc) is 3.54. The molecule has 1 saturated carbocycles. The summed E-state index contributed by atoms with van der Waals surface area (Å²) < 4.78 is 26.8. The lowest BCUT2D eigenvalue weighted by Crippen LogP contribution is -2.42. The molecular weight excluding hydrogens is 611 g/mol. The van der Waals surface area contributed by atoms with Crippen LogP contribution in [0.25, 0.3) is 11.6 Å². The Balaban J connectivity index is 1.30. The molecule has 12 heteroatoms. The monoisotopic (exact) mass is 642 g/mol. The van der Waals surface area contributed by atoms with Crippen molar-refractivity contribution in [1.29, 1.82) is 0 Å². The first-order chi connectivity index (χ1) is 20.4. The Morgan fingerprint density at radius 3 is 2.58 bits per heavy atom. The largest absolute Gasteiger partial charge is 0.391 e. The van der Waals surface area contributed by atoms with Crippen LogP contribution in [0.15, 0.2) is 41.3 Å². The molecule has 2 aliphatic heterocycles. The normalized spacial score (nSPS) is 21.0. The van der Waals surface area contributed by atoms with Gasteiger partial charge < -0.3 is 25.6 Å². The fraction of sp³-hybridized carbons (Fsp3) is 0.355. The van der Waals surface area contributed by atoms with Crippen molar-refractivity contribution in [2.24, 2.45) is 0 Å². The average molecular weight is 644 g/mol. The number of aliphatic hydroxyl groups is 1. The molecule has 0 bridgehead atoms. The van der Waals surface area contributed by atoms with Gasteiger partial charge >= 0.3 is 0 Å². The van der Waals surface area contributed by atoms with Crippen LogP contribution in [-0.2, 0) is 20.4 Å². The van der Waals surface area contributed by atoms with Crippen LogP contribution in [0.2, 0.25) is 10.0 Å². The number of aliphatic hydroxyl groups excluding tert-OH is 1. The number of amides is 2. The number of anilines is 1. The number of aromatic nitrogens is 1. The number of aryl methyl sites for hydroxylation is 1. The van der Waals surface area contributed by atoms with Crippen molar-refractivity contribution in [1.82, 2.24) is 15.2 Å². The molecule has 0 spiro atoms. The summed E-state index contributed by atoms with van der Waals surface area (Å²) in [6, 6.07) is 9.68. The molecule has 3 aliphatic rings. The number of H-pyrrole nitrogens is 1. The van der Waals surface area contributed by atoms with Crippen LogP contribution < -0.4 is 10.6 Å². The lowest BCUT2D eigenvalue weighted by atomic mass is 10.0. The maximum Gasteiger partial charge on any atom is 0.256 e. The smallest absolute Gasteiger partial charge is 0.256 e. The molecular formula is C31H32Cl2N4O5S. The van der Waals surface area contributed by atoms with Crippen LogP contribution in [0.5, 0.6) is 0 Å². The highest BCUT2D eigenvalue weighted by molar-refractivity contribution is 7.90. The number of likely N-dealkylation sites (tertiary alicyclic amines) is 1. The molecule has 1 saturated heterocycles. The number of carbonyl (C=O) groups is 2. The number of aromatic amines is 1. The summed E-state index contributed by atoms with van der Waals surface area (Å²) in [5.41, 5.74) is 3.90. The zero-order valence-corrected chi connectivity index (χ0v) is 26.0. The minimum Gasteiger partial charge on any atom is -0.391 e. The number of fused-ring (bicyclic) bond motifs is 1. The molecule has 43 heavy (non-hydrogen) atoms. The highest BCUT2D eigenvalue weighted by atomic mass is 35.5. The summed E-state index contributed by atoms with van der Waals surface area (Å²) in [7, 11) is -3.86. The SMILES string of the molecule is Cc1[nH]c(C=C2C(=O)Nc3ccc(S(=O)(=O)Cc4c(Cl)cccc4Cl)cc32)c(C)c1C(=O)N1C[C@H](O)C[C@@H]1CNC1CC1. The molecule has 2 atom stereocenters. The van der Waals surface area contributed by atoms with Gasteiger partial charge in [0.05, 0.1) is 27.9 Å². The van der Waals surface area contributed by atoms with Crippen molar-refractivity contribution >= 4 is 62.2 Å². The van der Waals surface area contributed by atoms with Crippen LogP contribution in [0.4, 0.5) is 5.69 Å². The van der Waals surface area contributed by atoms with Crippen LogP contribution in [-0.4, -0.2) is 66.5 Å². The van der Waals surface area contributed by atoms with Gasteiger partial charge in [0.2, 0.25) is 0 Å². The lowest BCUT2D eigenvalue weighted by Gasteiger charge is -2.25. The van der Waals surface area contributed by atoms with Gasteiger partial charge in [-0.05, 0) is 75.1 Å². The van der Waals surface area contributed by atoms with E-state index in [9.17, 15) is 23.1 Å². The maximum absolute atomic E-state index is 13.8. The first kappa shape index (κ1) is 29.9. The Labute approximate surface area is 260 Å². The fourth-order valence-corrected chi connectivity index (χ4v) is 8.02. The standard InChI is InChI=1S/C31H32Cl2N4O5S/c1-16-28(35-17(2)29(16)31(40)37-14-20(38)10-19(37)13-34-18-6-7-18)12-23-22-11-21(8-9-27(22)36-30(23)39)43(41,42)15-24-25(32)4-3-5-26(24)33/h3-5,8-9,11-12,18-20,34-35,38H,6-7,10,13-15H2,1-2H3,(H,36,39)/t19-,20-/m1/s1. The molecule has 0 unspecified atom stereocenters. The molecule has 1 aliphatic carbocycles. The minimum absolute atomic E-state index is 0.0262. The molecule has 4 N–H and O–H groups in total. The second kappa shape index (κ2) is 11.4. The number of carbonyl (C=O) groups excluding carboxylic acids is 2. The van der Waals surface area contributed by atoms with E-state index in [-0.39, 0.29) is 44.9 Å². The third-order valence-electron chi connectivity index (χ3n) is 8.38. The van der Waals surface area contributed by atoms with Gasteiger partial charge in [0.1, 0.15) is 0 Å². The topological polar surface area (TPSA) is 132 Å². The van der Waals surface area contributed by atoms with Gasteiger partial charge in [-0.25, -0.2) is 8.42 Å². The van der Waals surface area contributed by atoms with E-state index in [1.165, 1.54) is 12.1 Å². The number of β-amino-alcohol motifs (C(OH)–C–C–N with tert-alkyl or cyclic N) is 1. The van der Waals surface area contributed by atoms with Crippen LogP contribution in [0.3, 0.4) is 0 Å². The Bertz CT molecular complexity index is 1760. The number of hydrogen-bond acceptors (Lipinski definition) is 6. The van der Waals surface area contributed by atoms with E-state index in [1.807, 2.05) is 6.92 Å².